The molecule has 170 valence electrons. The molecule has 11 heteroatoms. The molecule has 8 nitrogen and oxygen atoms in total. The SMILES string of the molecule is C=CC(=O)N1CC(N2CCN(C(=O)CNc3cc(Cl)c(Cl)cc3Nc3nccs3)CC2)C1. The number of carbonyl (C=O) groups is 2. The Morgan fingerprint density at radius 3 is 2.44 bits per heavy atom. The predicted molar refractivity (Wildman–Crippen MR) is 129 cm³/mol. The molecule has 2 fully saturated rings. The van der Waals surface area contributed by atoms with E-state index < -0.39 is 0 Å². The maximum atomic E-state index is 12.8. The lowest BCUT2D eigenvalue weighted by Gasteiger charge is -2.47. The van der Waals surface area contributed by atoms with Gasteiger partial charge in [0.25, 0.3) is 0 Å². The summed E-state index contributed by atoms with van der Waals surface area (Å²) in [5, 5.41) is 9.81. The second kappa shape index (κ2) is 10.1. The number of carbonyl (C=O) groups excluding carboxylic acids is 2. The Hall–Kier alpha value is -2.33. The van der Waals surface area contributed by atoms with Gasteiger partial charge in [0, 0.05) is 56.9 Å². The first-order valence-corrected chi connectivity index (χ1v) is 11.9. The van der Waals surface area contributed by atoms with E-state index in [-0.39, 0.29) is 18.4 Å². The molecule has 2 N–H and O–H groups in total. The van der Waals surface area contributed by atoms with Crippen LogP contribution in [0.15, 0.2) is 36.4 Å². The Balaban J connectivity index is 1.29. The Labute approximate surface area is 200 Å². The standard InChI is InChI=1S/C21H24Cl2N6O2S/c1-2-19(30)29-12-14(13-29)27-4-6-28(7-5-27)20(31)11-25-17-9-15(22)16(23)10-18(17)26-21-24-3-8-32-21/h2-3,8-10,14,25H,1,4-7,11-13H2,(H,24,26). The number of thiazole rings is 1. The van der Waals surface area contributed by atoms with Crippen molar-refractivity contribution >= 4 is 62.9 Å². The van der Waals surface area contributed by atoms with Crippen molar-refractivity contribution in [3.8, 4) is 0 Å². The lowest BCUT2D eigenvalue weighted by Crippen LogP contribution is -2.64. The largest absolute Gasteiger partial charge is 0.374 e. The molecule has 2 saturated heterocycles. The molecule has 0 unspecified atom stereocenters. The van der Waals surface area contributed by atoms with Crippen LogP contribution in [0.2, 0.25) is 10.0 Å². The van der Waals surface area contributed by atoms with Crippen LogP contribution >= 0.6 is 34.5 Å². The fourth-order valence-corrected chi connectivity index (χ4v) is 4.68. The van der Waals surface area contributed by atoms with E-state index in [1.807, 2.05) is 10.3 Å². The van der Waals surface area contributed by atoms with Crippen molar-refractivity contribution in [1.29, 1.82) is 0 Å². The number of nitrogens with zero attached hydrogens (tertiary/aromatic N) is 4. The van der Waals surface area contributed by atoms with Gasteiger partial charge in [-0.1, -0.05) is 29.8 Å². The van der Waals surface area contributed by atoms with Gasteiger partial charge >= 0.3 is 0 Å². The molecule has 0 atom stereocenters. The van der Waals surface area contributed by atoms with E-state index in [0.717, 1.165) is 31.3 Å². The highest BCUT2D eigenvalue weighted by Gasteiger charge is 2.35. The maximum Gasteiger partial charge on any atom is 0.246 e. The molecule has 2 amide bonds. The molecular formula is C21H24Cl2N6O2S. The number of amides is 2. The lowest BCUT2D eigenvalue weighted by molar-refractivity contribution is -0.135. The van der Waals surface area contributed by atoms with Gasteiger partial charge in [-0.15, -0.1) is 11.3 Å². The number of rotatable bonds is 7. The monoisotopic (exact) mass is 494 g/mol. The smallest absolute Gasteiger partial charge is 0.246 e. The Morgan fingerprint density at radius 2 is 1.81 bits per heavy atom. The maximum absolute atomic E-state index is 12.8. The van der Waals surface area contributed by atoms with E-state index in [9.17, 15) is 9.59 Å². The summed E-state index contributed by atoms with van der Waals surface area (Å²) in [4.78, 5) is 34.6. The van der Waals surface area contributed by atoms with Crippen molar-refractivity contribution in [3.63, 3.8) is 0 Å². The molecule has 1 aromatic carbocycles. The number of nitrogens with one attached hydrogen (secondary N) is 2. The summed E-state index contributed by atoms with van der Waals surface area (Å²) in [7, 11) is 0. The zero-order valence-electron chi connectivity index (χ0n) is 17.4. The van der Waals surface area contributed by atoms with Crippen molar-refractivity contribution < 1.29 is 9.59 Å². The molecule has 0 saturated carbocycles. The van der Waals surface area contributed by atoms with Crippen LogP contribution < -0.4 is 10.6 Å². The van der Waals surface area contributed by atoms with Crippen LogP contribution in [0, 0.1) is 0 Å². The summed E-state index contributed by atoms with van der Waals surface area (Å²) in [6.07, 6.45) is 3.06. The summed E-state index contributed by atoms with van der Waals surface area (Å²) in [5.41, 5.74) is 1.39. The number of halogens is 2. The number of hydrogen-bond donors (Lipinski definition) is 2. The first kappa shape index (κ1) is 22.8. The van der Waals surface area contributed by atoms with E-state index in [1.54, 1.807) is 23.2 Å². The topological polar surface area (TPSA) is 80.8 Å². The summed E-state index contributed by atoms with van der Waals surface area (Å²) in [5.74, 6) is 0.000141. The van der Waals surface area contributed by atoms with Gasteiger partial charge in [-0.25, -0.2) is 4.98 Å². The van der Waals surface area contributed by atoms with Crippen molar-refractivity contribution in [3.05, 3.63) is 46.4 Å². The average Bonchev–Trinajstić information content (AvgIpc) is 3.27. The van der Waals surface area contributed by atoms with Crippen LogP contribution in [0.5, 0.6) is 0 Å². The third kappa shape index (κ3) is 5.17. The second-order valence-corrected chi connectivity index (χ2v) is 9.35. The number of hydrogen-bond acceptors (Lipinski definition) is 7. The molecule has 2 aromatic rings. The van der Waals surface area contributed by atoms with Gasteiger partial charge in [-0.05, 0) is 18.2 Å². The molecule has 4 rings (SSSR count). The number of anilines is 3. The van der Waals surface area contributed by atoms with Gasteiger partial charge in [0.1, 0.15) is 0 Å². The number of piperazine rings is 1. The van der Waals surface area contributed by atoms with Gasteiger partial charge in [0.2, 0.25) is 11.8 Å². The Kier molecular flexibility index (Phi) is 7.20. The molecule has 2 aliphatic rings. The summed E-state index contributed by atoms with van der Waals surface area (Å²) in [6, 6.07) is 3.79. The zero-order chi connectivity index (χ0) is 22.7. The number of benzene rings is 1. The first-order chi connectivity index (χ1) is 15.4. The molecular weight excluding hydrogens is 471 g/mol. The van der Waals surface area contributed by atoms with Crippen molar-refractivity contribution in [1.82, 2.24) is 19.7 Å². The predicted octanol–water partition coefficient (Wildman–Crippen LogP) is 3.15. The zero-order valence-corrected chi connectivity index (χ0v) is 19.7. The van der Waals surface area contributed by atoms with Crippen LogP contribution in [0.25, 0.3) is 0 Å². The third-order valence-corrected chi connectivity index (χ3v) is 7.11. The average molecular weight is 495 g/mol. The molecule has 32 heavy (non-hydrogen) atoms. The minimum absolute atomic E-state index is 0.0211. The molecule has 1 aromatic heterocycles. The number of likely N-dealkylation sites (tertiary alicyclic amines) is 1. The van der Waals surface area contributed by atoms with Crippen molar-refractivity contribution in [2.24, 2.45) is 0 Å². The Bertz CT molecular complexity index is 988. The number of aromatic nitrogens is 1. The van der Waals surface area contributed by atoms with Crippen molar-refractivity contribution in [2.45, 2.75) is 6.04 Å². The van der Waals surface area contributed by atoms with Gasteiger partial charge < -0.3 is 20.4 Å². The lowest BCUT2D eigenvalue weighted by atomic mass is 10.1. The Morgan fingerprint density at radius 1 is 1.12 bits per heavy atom. The van der Waals surface area contributed by atoms with Crippen LogP contribution in [0.3, 0.4) is 0 Å². The molecule has 3 heterocycles. The van der Waals surface area contributed by atoms with Gasteiger partial charge in [0.15, 0.2) is 5.13 Å². The third-order valence-electron chi connectivity index (χ3n) is 5.70. The fraction of sp³-hybridized carbons (Fsp3) is 0.381. The minimum atomic E-state index is -0.0211. The summed E-state index contributed by atoms with van der Waals surface area (Å²) in [6.45, 7) is 8.07. The highest BCUT2D eigenvalue weighted by Crippen LogP contribution is 2.34. The second-order valence-electron chi connectivity index (χ2n) is 7.65. The summed E-state index contributed by atoms with van der Waals surface area (Å²) < 4.78 is 0. The van der Waals surface area contributed by atoms with E-state index in [1.165, 1.54) is 17.4 Å². The van der Waals surface area contributed by atoms with Gasteiger partial charge in [-0.2, -0.15) is 0 Å². The van der Waals surface area contributed by atoms with E-state index in [0.29, 0.717) is 40.6 Å². The van der Waals surface area contributed by atoms with Crippen molar-refractivity contribution in [2.75, 3.05) is 56.4 Å². The fourth-order valence-electron chi connectivity index (χ4n) is 3.81. The molecule has 0 bridgehead atoms. The van der Waals surface area contributed by atoms with Crippen LogP contribution in [0.1, 0.15) is 0 Å². The highest BCUT2D eigenvalue weighted by atomic mass is 35.5. The molecule has 2 aliphatic heterocycles. The quantitative estimate of drug-likeness (QED) is 0.575. The van der Waals surface area contributed by atoms with E-state index in [4.69, 9.17) is 23.2 Å². The summed E-state index contributed by atoms with van der Waals surface area (Å²) >= 11 is 13.8. The van der Waals surface area contributed by atoms with Crippen LogP contribution in [-0.2, 0) is 9.59 Å². The van der Waals surface area contributed by atoms with Gasteiger partial charge in [-0.3, -0.25) is 14.5 Å². The van der Waals surface area contributed by atoms with Crippen LogP contribution in [0.4, 0.5) is 16.5 Å². The van der Waals surface area contributed by atoms with E-state index in [2.05, 4.69) is 27.1 Å². The van der Waals surface area contributed by atoms with Gasteiger partial charge in [0.05, 0.1) is 28.0 Å². The normalized spacial score (nSPS) is 17.1. The molecule has 0 aliphatic carbocycles. The minimum Gasteiger partial charge on any atom is -0.374 e. The molecule has 0 spiro atoms. The molecule has 0 radical (unpaired) electrons. The van der Waals surface area contributed by atoms with E-state index >= 15 is 0 Å². The van der Waals surface area contributed by atoms with Crippen LogP contribution in [-0.4, -0.2) is 83.4 Å². The first-order valence-electron chi connectivity index (χ1n) is 10.3. The highest BCUT2D eigenvalue weighted by molar-refractivity contribution is 7.13.